The molecule has 4 atom stereocenters. The number of carbonyl (C=O) groups is 1. The number of hydrogen-bond acceptors (Lipinski definition) is 7. The normalized spacial score (nSPS) is 24.8. The number of likely N-dealkylation sites (tertiary alicyclic amines) is 1. The Morgan fingerprint density at radius 3 is 2.80 bits per heavy atom. The van der Waals surface area contributed by atoms with Crippen LogP contribution in [0, 0.1) is 11.6 Å². The second-order valence-electron chi connectivity index (χ2n) is 12.1. The maximum absolute atomic E-state index is 15.2. The summed E-state index contributed by atoms with van der Waals surface area (Å²) in [5, 5.41) is 1.01. The van der Waals surface area contributed by atoms with Gasteiger partial charge in [-0.15, -0.1) is 11.8 Å². The van der Waals surface area contributed by atoms with E-state index in [0.29, 0.717) is 69.7 Å². The molecule has 5 heterocycles. The molecule has 0 spiro atoms. The van der Waals surface area contributed by atoms with Crippen molar-refractivity contribution in [2.45, 2.75) is 55.3 Å². The Bertz CT molecular complexity index is 1720. The molecule has 1 aromatic heterocycles. The maximum atomic E-state index is 15.2. The average Bonchev–Trinajstić information content (AvgIpc) is 3.63. The Balaban J connectivity index is 1.31. The van der Waals surface area contributed by atoms with E-state index in [0.717, 1.165) is 45.0 Å². The highest BCUT2D eigenvalue weighted by Crippen LogP contribution is 2.48. The minimum absolute atomic E-state index is 0.105. The van der Waals surface area contributed by atoms with E-state index in [1.54, 1.807) is 27.3 Å². The van der Waals surface area contributed by atoms with Gasteiger partial charge in [-0.2, -0.15) is 4.98 Å². The lowest BCUT2D eigenvalue weighted by Crippen LogP contribution is -2.54. The molecule has 4 aliphatic heterocycles. The van der Waals surface area contributed by atoms with Gasteiger partial charge in [-0.3, -0.25) is 14.3 Å². The number of thioether (sulfide) groups is 1. The van der Waals surface area contributed by atoms with Crippen molar-refractivity contribution in [3.8, 4) is 11.1 Å². The first kappa shape index (κ1) is 29.7. The smallest absolute Gasteiger partial charge is 0.350 e. The number of morpholine rings is 1. The fraction of sp³-hybridized carbons (Fsp3) is 0.469. The molecule has 0 unspecified atom stereocenters. The van der Waals surface area contributed by atoms with Crippen molar-refractivity contribution >= 4 is 46.0 Å². The van der Waals surface area contributed by atoms with Crippen LogP contribution < -0.4 is 10.6 Å². The molecule has 7 rings (SSSR count). The van der Waals surface area contributed by atoms with Crippen molar-refractivity contribution in [3.05, 3.63) is 64.1 Å². The quantitative estimate of drug-likeness (QED) is 0.332. The number of piperazine rings is 1. The highest BCUT2D eigenvalue weighted by Gasteiger charge is 2.39. The van der Waals surface area contributed by atoms with Crippen LogP contribution in [0.4, 0.5) is 14.6 Å². The summed E-state index contributed by atoms with van der Waals surface area (Å²) in [7, 11) is 0. The Kier molecular flexibility index (Phi) is 7.93. The standard InChI is InChI=1S/C32H34ClF2N5O3S/c1-3-27(41)38-9-10-39(18(2)14-38)31-24-13-25(33)28(23-7-6-19(34)11-26(23)35)30-29(24)40(32(42)36-31)20(17-44-30)5-4-8-37-15-22-12-21(37)16-43-22/h3,6-7,11,13,18,20-22H,1,4-5,8-10,12,14-17H2,2H3/t18-,20-,21-,22-/m0/s1. The van der Waals surface area contributed by atoms with Crippen molar-refractivity contribution in [2.24, 2.45) is 0 Å². The van der Waals surface area contributed by atoms with Gasteiger partial charge < -0.3 is 14.5 Å². The maximum Gasteiger partial charge on any atom is 0.350 e. The molecule has 0 radical (unpaired) electrons. The molecule has 3 saturated heterocycles. The summed E-state index contributed by atoms with van der Waals surface area (Å²) >= 11 is 8.47. The summed E-state index contributed by atoms with van der Waals surface area (Å²) in [5.74, 6) is -0.415. The molecule has 4 aliphatic rings. The minimum atomic E-state index is -0.714. The summed E-state index contributed by atoms with van der Waals surface area (Å²) in [6.07, 6.45) is 4.45. The Morgan fingerprint density at radius 1 is 1.25 bits per heavy atom. The summed E-state index contributed by atoms with van der Waals surface area (Å²) in [4.78, 5) is 37.9. The van der Waals surface area contributed by atoms with Gasteiger partial charge in [0.2, 0.25) is 5.91 Å². The number of ether oxygens (including phenoxy) is 1. The van der Waals surface area contributed by atoms with E-state index in [1.165, 1.54) is 18.2 Å². The number of aromatic nitrogens is 2. The minimum Gasteiger partial charge on any atom is -0.375 e. The summed E-state index contributed by atoms with van der Waals surface area (Å²) in [6, 6.07) is 5.48. The molecule has 0 saturated carbocycles. The zero-order valence-corrected chi connectivity index (χ0v) is 26.0. The third-order valence-corrected chi connectivity index (χ3v) is 11.0. The van der Waals surface area contributed by atoms with Crippen LogP contribution in [0.25, 0.3) is 22.0 Å². The van der Waals surface area contributed by atoms with Crippen LogP contribution in [-0.4, -0.2) is 88.5 Å². The Morgan fingerprint density at radius 2 is 2.09 bits per heavy atom. The molecule has 1 amide bonds. The predicted molar refractivity (Wildman–Crippen MR) is 169 cm³/mol. The molecule has 12 heteroatoms. The van der Waals surface area contributed by atoms with Gasteiger partial charge in [-0.05, 0) is 57.0 Å². The van der Waals surface area contributed by atoms with Gasteiger partial charge in [-0.1, -0.05) is 18.2 Å². The van der Waals surface area contributed by atoms with E-state index < -0.39 is 11.6 Å². The summed E-state index contributed by atoms with van der Waals surface area (Å²) in [6.45, 7) is 9.69. The van der Waals surface area contributed by atoms with Crippen LogP contribution >= 0.6 is 23.4 Å². The lowest BCUT2D eigenvalue weighted by Gasteiger charge is -2.41. The molecule has 3 aromatic rings. The zero-order chi connectivity index (χ0) is 30.7. The first-order chi connectivity index (χ1) is 21.2. The molecule has 0 aliphatic carbocycles. The topological polar surface area (TPSA) is 70.9 Å². The number of anilines is 1. The van der Waals surface area contributed by atoms with E-state index in [4.69, 9.17) is 16.3 Å². The monoisotopic (exact) mass is 641 g/mol. The fourth-order valence-electron chi connectivity index (χ4n) is 7.32. The zero-order valence-electron chi connectivity index (χ0n) is 24.5. The van der Waals surface area contributed by atoms with Gasteiger partial charge in [0.25, 0.3) is 0 Å². The molecule has 8 nitrogen and oxygen atoms in total. The molecule has 0 N–H and O–H groups in total. The number of amides is 1. The fourth-order valence-corrected chi connectivity index (χ4v) is 9.06. The molecular formula is C32H34ClF2N5O3S. The third-order valence-electron chi connectivity index (χ3n) is 9.46. The van der Waals surface area contributed by atoms with Crippen LogP contribution in [0.5, 0.6) is 0 Å². The third kappa shape index (κ3) is 5.11. The number of fused-ring (bicyclic) bond motifs is 2. The van der Waals surface area contributed by atoms with Crippen molar-refractivity contribution in [1.29, 1.82) is 0 Å². The van der Waals surface area contributed by atoms with Crippen molar-refractivity contribution in [2.75, 3.05) is 50.0 Å². The highest BCUT2D eigenvalue weighted by atomic mass is 35.5. The number of carbonyl (C=O) groups excluding carboxylic acids is 1. The van der Waals surface area contributed by atoms with Crippen molar-refractivity contribution in [3.63, 3.8) is 0 Å². The largest absolute Gasteiger partial charge is 0.375 e. The number of nitrogens with zero attached hydrogens (tertiary/aromatic N) is 5. The van der Waals surface area contributed by atoms with Crippen molar-refractivity contribution in [1.82, 2.24) is 19.4 Å². The second kappa shape index (κ2) is 11.7. The molecular weight excluding hydrogens is 608 g/mol. The Labute approximate surface area is 263 Å². The van der Waals surface area contributed by atoms with Crippen LogP contribution in [0.3, 0.4) is 0 Å². The number of rotatable bonds is 7. The summed E-state index contributed by atoms with van der Waals surface area (Å²) < 4.78 is 36.6. The Hall–Kier alpha value is -2.99. The van der Waals surface area contributed by atoms with Gasteiger partial charge >= 0.3 is 5.69 Å². The van der Waals surface area contributed by atoms with E-state index in [2.05, 4.69) is 16.5 Å². The van der Waals surface area contributed by atoms with E-state index in [1.807, 2.05) is 11.8 Å². The van der Waals surface area contributed by atoms with Crippen LogP contribution in [-0.2, 0) is 9.53 Å². The number of hydrogen-bond donors (Lipinski definition) is 0. The lowest BCUT2D eigenvalue weighted by molar-refractivity contribution is -0.126. The molecule has 2 aromatic carbocycles. The summed E-state index contributed by atoms with van der Waals surface area (Å²) in [5.41, 5.74) is 0.952. The predicted octanol–water partition coefficient (Wildman–Crippen LogP) is 5.12. The van der Waals surface area contributed by atoms with E-state index in [-0.39, 0.29) is 29.2 Å². The average molecular weight is 642 g/mol. The highest BCUT2D eigenvalue weighted by molar-refractivity contribution is 7.99. The van der Waals surface area contributed by atoms with Gasteiger partial charge in [-0.25, -0.2) is 13.6 Å². The first-order valence-corrected chi connectivity index (χ1v) is 16.5. The van der Waals surface area contributed by atoms with Gasteiger partial charge in [0.15, 0.2) is 0 Å². The number of benzene rings is 2. The van der Waals surface area contributed by atoms with E-state index >= 15 is 4.39 Å². The van der Waals surface area contributed by atoms with E-state index in [9.17, 15) is 14.0 Å². The van der Waals surface area contributed by atoms with Crippen LogP contribution in [0.15, 0.2) is 46.6 Å². The number of halogens is 3. The van der Waals surface area contributed by atoms with Gasteiger partial charge in [0, 0.05) is 77.5 Å². The SMILES string of the molecule is C=CC(=O)N1CCN(c2nc(=O)n3c4c(c(-c5ccc(F)cc5F)c(Cl)cc24)SC[C@@H]3CCCN2C[C@@H]3C[C@H]2CO3)[C@@H](C)C1. The van der Waals surface area contributed by atoms with Crippen LogP contribution in [0.1, 0.15) is 32.2 Å². The molecule has 44 heavy (non-hydrogen) atoms. The first-order valence-electron chi connectivity index (χ1n) is 15.1. The lowest BCUT2D eigenvalue weighted by atomic mass is 10.0. The van der Waals surface area contributed by atoms with Crippen molar-refractivity contribution < 1.29 is 18.3 Å². The van der Waals surface area contributed by atoms with Gasteiger partial charge in [0.1, 0.15) is 17.5 Å². The van der Waals surface area contributed by atoms with Gasteiger partial charge in [0.05, 0.1) is 23.3 Å². The molecule has 232 valence electrons. The molecule has 2 bridgehead atoms. The second-order valence-corrected chi connectivity index (χ2v) is 13.6. The van der Waals surface area contributed by atoms with Crippen LogP contribution in [0.2, 0.25) is 5.02 Å². The molecule has 3 fully saturated rings.